The van der Waals surface area contributed by atoms with E-state index in [2.05, 4.69) is 10.3 Å². The van der Waals surface area contributed by atoms with E-state index in [1.165, 1.54) is 0 Å². The molecule has 1 atom stereocenters. The minimum absolute atomic E-state index is 0.185. The third kappa shape index (κ3) is 2.16. The molecule has 1 aromatic heterocycles. The van der Waals surface area contributed by atoms with Crippen LogP contribution in [-0.4, -0.2) is 16.6 Å². The van der Waals surface area contributed by atoms with E-state index in [1.807, 2.05) is 44.8 Å². The predicted molar refractivity (Wildman–Crippen MR) is 70.0 cm³/mol. The minimum Gasteiger partial charge on any atom is -0.336 e. The van der Waals surface area contributed by atoms with Gasteiger partial charge in [-0.1, -0.05) is 6.07 Å². The van der Waals surface area contributed by atoms with Gasteiger partial charge in [0.15, 0.2) is 0 Å². The Labute approximate surface area is 107 Å². The van der Waals surface area contributed by atoms with E-state index < -0.39 is 0 Å². The van der Waals surface area contributed by atoms with Gasteiger partial charge in [0.05, 0.1) is 6.04 Å². The average molecular weight is 247 g/mol. The molecule has 0 fully saturated rings. The number of halogens is 1. The van der Waals surface area contributed by atoms with E-state index in [-0.39, 0.29) is 11.9 Å². The van der Waals surface area contributed by atoms with Gasteiger partial charge in [0.1, 0.15) is 11.6 Å². The maximum atomic E-state index is 14.2. The van der Waals surface area contributed by atoms with Gasteiger partial charge in [-0.05, 0) is 38.1 Å². The highest BCUT2D eigenvalue weighted by molar-refractivity contribution is 5.37. The summed E-state index contributed by atoms with van der Waals surface area (Å²) < 4.78 is 16.1. The van der Waals surface area contributed by atoms with Crippen molar-refractivity contribution >= 4 is 0 Å². The number of hydrogen-bond donors (Lipinski definition) is 1. The molecule has 2 aromatic rings. The van der Waals surface area contributed by atoms with Crippen molar-refractivity contribution in [2.45, 2.75) is 19.9 Å². The number of aromatic nitrogens is 2. The van der Waals surface area contributed by atoms with Crippen molar-refractivity contribution in [1.82, 2.24) is 14.9 Å². The summed E-state index contributed by atoms with van der Waals surface area (Å²) in [6.07, 6.45) is 3.59. The molecule has 1 unspecified atom stereocenters. The van der Waals surface area contributed by atoms with Crippen LogP contribution >= 0.6 is 0 Å². The highest BCUT2D eigenvalue weighted by Crippen LogP contribution is 2.26. The second-order valence-corrected chi connectivity index (χ2v) is 4.60. The summed E-state index contributed by atoms with van der Waals surface area (Å²) >= 11 is 0. The lowest BCUT2D eigenvalue weighted by Crippen LogP contribution is -2.23. The van der Waals surface area contributed by atoms with Crippen LogP contribution in [0.1, 0.15) is 28.6 Å². The van der Waals surface area contributed by atoms with Crippen LogP contribution in [0.15, 0.2) is 24.5 Å². The molecule has 1 heterocycles. The molecule has 2 rings (SSSR count). The van der Waals surface area contributed by atoms with Gasteiger partial charge in [-0.15, -0.1) is 0 Å². The van der Waals surface area contributed by atoms with E-state index >= 15 is 0 Å². The Morgan fingerprint density at radius 1 is 1.33 bits per heavy atom. The number of benzene rings is 1. The fourth-order valence-corrected chi connectivity index (χ4v) is 2.35. The van der Waals surface area contributed by atoms with Crippen molar-refractivity contribution in [1.29, 1.82) is 0 Å². The minimum atomic E-state index is -0.231. The van der Waals surface area contributed by atoms with Crippen molar-refractivity contribution in [2.24, 2.45) is 7.05 Å². The fraction of sp³-hybridized carbons (Fsp3) is 0.357. The summed E-state index contributed by atoms with van der Waals surface area (Å²) in [5, 5.41) is 3.14. The van der Waals surface area contributed by atoms with Crippen molar-refractivity contribution in [3.63, 3.8) is 0 Å². The molecule has 0 aliphatic carbocycles. The Hall–Kier alpha value is -1.68. The van der Waals surface area contributed by atoms with Crippen LogP contribution < -0.4 is 5.32 Å². The first-order chi connectivity index (χ1) is 8.54. The molecular formula is C14H18FN3. The summed E-state index contributed by atoms with van der Waals surface area (Å²) in [4.78, 5) is 4.30. The molecule has 0 radical (unpaired) electrons. The van der Waals surface area contributed by atoms with Crippen LogP contribution in [0.5, 0.6) is 0 Å². The highest BCUT2D eigenvalue weighted by Gasteiger charge is 2.22. The van der Waals surface area contributed by atoms with Crippen molar-refractivity contribution in [3.8, 4) is 0 Å². The van der Waals surface area contributed by atoms with Gasteiger partial charge in [0, 0.05) is 25.0 Å². The summed E-state index contributed by atoms with van der Waals surface area (Å²) in [7, 11) is 3.73. The van der Waals surface area contributed by atoms with E-state index in [1.54, 1.807) is 12.3 Å². The van der Waals surface area contributed by atoms with E-state index in [0.717, 1.165) is 17.0 Å². The van der Waals surface area contributed by atoms with Crippen molar-refractivity contribution in [3.05, 3.63) is 52.9 Å². The summed E-state index contributed by atoms with van der Waals surface area (Å²) in [5.74, 6) is 0.623. The molecule has 0 aliphatic rings. The van der Waals surface area contributed by atoms with Gasteiger partial charge in [-0.2, -0.15) is 0 Å². The SMILES string of the molecule is CNC(c1c(C)cc(C)cc1F)c1nccn1C. The zero-order valence-corrected chi connectivity index (χ0v) is 11.2. The Kier molecular flexibility index (Phi) is 3.48. The Morgan fingerprint density at radius 3 is 2.56 bits per heavy atom. The quantitative estimate of drug-likeness (QED) is 0.903. The van der Waals surface area contributed by atoms with Gasteiger partial charge in [0.25, 0.3) is 0 Å². The Morgan fingerprint density at radius 2 is 2.06 bits per heavy atom. The fourth-order valence-electron chi connectivity index (χ4n) is 2.35. The number of aryl methyl sites for hydroxylation is 3. The van der Waals surface area contributed by atoms with Crippen LogP contribution in [0.3, 0.4) is 0 Å². The third-order valence-electron chi connectivity index (χ3n) is 3.17. The third-order valence-corrected chi connectivity index (χ3v) is 3.17. The molecule has 3 nitrogen and oxygen atoms in total. The van der Waals surface area contributed by atoms with Gasteiger partial charge >= 0.3 is 0 Å². The summed E-state index contributed by atoms with van der Waals surface area (Å²) in [6, 6.07) is 3.33. The lowest BCUT2D eigenvalue weighted by molar-refractivity contribution is 0.549. The Bertz CT molecular complexity index is 537. The van der Waals surface area contributed by atoms with Crippen molar-refractivity contribution < 1.29 is 4.39 Å². The zero-order valence-electron chi connectivity index (χ0n) is 11.2. The maximum absolute atomic E-state index is 14.2. The van der Waals surface area contributed by atoms with Gasteiger partial charge in [-0.25, -0.2) is 9.37 Å². The first-order valence-electron chi connectivity index (χ1n) is 5.95. The molecule has 96 valence electrons. The van der Waals surface area contributed by atoms with E-state index in [0.29, 0.717) is 5.56 Å². The topological polar surface area (TPSA) is 29.9 Å². The lowest BCUT2D eigenvalue weighted by Gasteiger charge is -2.19. The van der Waals surface area contributed by atoms with Crippen LogP contribution in [0.2, 0.25) is 0 Å². The first-order valence-corrected chi connectivity index (χ1v) is 5.95. The molecule has 0 saturated heterocycles. The molecule has 0 amide bonds. The van der Waals surface area contributed by atoms with E-state index in [4.69, 9.17) is 0 Å². The number of nitrogens with one attached hydrogen (secondary N) is 1. The number of rotatable bonds is 3. The number of imidazole rings is 1. The van der Waals surface area contributed by atoms with Gasteiger partial charge in [-0.3, -0.25) is 0 Å². The second kappa shape index (κ2) is 4.90. The largest absolute Gasteiger partial charge is 0.336 e. The molecule has 0 aliphatic heterocycles. The normalized spacial score (nSPS) is 12.7. The first kappa shape index (κ1) is 12.8. The molecule has 0 bridgehead atoms. The molecule has 18 heavy (non-hydrogen) atoms. The molecule has 0 spiro atoms. The van der Waals surface area contributed by atoms with Crippen LogP contribution in [-0.2, 0) is 7.05 Å². The van der Waals surface area contributed by atoms with Gasteiger partial charge in [0.2, 0.25) is 0 Å². The number of hydrogen-bond acceptors (Lipinski definition) is 2. The molecular weight excluding hydrogens is 229 g/mol. The van der Waals surface area contributed by atoms with Gasteiger partial charge < -0.3 is 9.88 Å². The Balaban J connectivity index is 2.56. The van der Waals surface area contributed by atoms with Crippen molar-refractivity contribution in [2.75, 3.05) is 7.05 Å². The van der Waals surface area contributed by atoms with Crippen LogP contribution in [0, 0.1) is 19.7 Å². The summed E-state index contributed by atoms with van der Waals surface area (Å²) in [6.45, 7) is 3.83. The standard InChI is InChI=1S/C14H18FN3/c1-9-7-10(2)12(11(15)8-9)13(16-3)14-17-5-6-18(14)4/h5-8,13,16H,1-4H3. The molecule has 0 saturated carbocycles. The van der Waals surface area contributed by atoms with E-state index in [9.17, 15) is 4.39 Å². The molecule has 1 aromatic carbocycles. The van der Waals surface area contributed by atoms with Crippen LogP contribution in [0.4, 0.5) is 4.39 Å². The zero-order chi connectivity index (χ0) is 13.3. The van der Waals surface area contributed by atoms with Crippen LogP contribution in [0.25, 0.3) is 0 Å². The highest BCUT2D eigenvalue weighted by atomic mass is 19.1. The number of nitrogens with zero attached hydrogens (tertiary/aromatic N) is 2. The monoisotopic (exact) mass is 247 g/mol. The second-order valence-electron chi connectivity index (χ2n) is 4.60. The molecule has 4 heteroatoms. The lowest BCUT2D eigenvalue weighted by atomic mass is 9.98. The predicted octanol–water partition coefficient (Wildman–Crippen LogP) is 2.48. The smallest absolute Gasteiger partial charge is 0.130 e. The summed E-state index contributed by atoms with van der Waals surface area (Å²) in [5.41, 5.74) is 2.54. The maximum Gasteiger partial charge on any atom is 0.130 e. The molecule has 1 N–H and O–H groups in total. The average Bonchev–Trinajstić information content (AvgIpc) is 2.69.